The SMILES string of the molecule is CC(O)c1ccccc1N(C)C(C)CC#N. The van der Waals surface area contributed by atoms with E-state index in [2.05, 4.69) is 6.07 Å². The van der Waals surface area contributed by atoms with Gasteiger partial charge in [-0.3, -0.25) is 0 Å². The molecule has 16 heavy (non-hydrogen) atoms. The Kier molecular flexibility index (Phi) is 4.33. The van der Waals surface area contributed by atoms with Gasteiger partial charge in [0.2, 0.25) is 0 Å². The predicted molar refractivity (Wildman–Crippen MR) is 65.2 cm³/mol. The van der Waals surface area contributed by atoms with Gasteiger partial charge in [0, 0.05) is 24.3 Å². The fourth-order valence-corrected chi connectivity index (χ4v) is 1.67. The molecule has 3 nitrogen and oxygen atoms in total. The number of hydrogen-bond acceptors (Lipinski definition) is 3. The predicted octanol–water partition coefficient (Wildman–Crippen LogP) is 2.48. The summed E-state index contributed by atoms with van der Waals surface area (Å²) < 4.78 is 0. The molecule has 0 radical (unpaired) electrons. The molecule has 1 N–H and O–H groups in total. The summed E-state index contributed by atoms with van der Waals surface area (Å²) in [6, 6.07) is 10.0. The van der Waals surface area contributed by atoms with Crippen molar-refractivity contribution in [2.75, 3.05) is 11.9 Å². The van der Waals surface area contributed by atoms with E-state index in [1.165, 1.54) is 0 Å². The van der Waals surface area contributed by atoms with Crippen molar-refractivity contribution in [2.45, 2.75) is 32.4 Å². The summed E-state index contributed by atoms with van der Waals surface area (Å²) in [7, 11) is 1.95. The molecule has 1 aromatic rings. The van der Waals surface area contributed by atoms with E-state index in [1.807, 2.05) is 43.1 Å². The lowest BCUT2D eigenvalue weighted by Crippen LogP contribution is -2.29. The van der Waals surface area contributed by atoms with Gasteiger partial charge in [0.05, 0.1) is 18.6 Å². The van der Waals surface area contributed by atoms with Crippen LogP contribution in [-0.2, 0) is 0 Å². The molecule has 0 fully saturated rings. The number of anilines is 1. The fraction of sp³-hybridized carbons (Fsp3) is 0.462. The molecule has 0 aliphatic heterocycles. The Morgan fingerprint density at radius 2 is 2.00 bits per heavy atom. The standard InChI is InChI=1S/C13H18N2O/c1-10(8-9-14)15(3)13-7-5-4-6-12(13)11(2)16/h4-7,10-11,16H,8H2,1-3H3. The van der Waals surface area contributed by atoms with Gasteiger partial charge in [0.25, 0.3) is 0 Å². The maximum atomic E-state index is 9.67. The van der Waals surface area contributed by atoms with Crippen molar-refractivity contribution in [3.05, 3.63) is 29.8 Å². The lowest BCUT2D eigenvalue weighted by molar-refractivity contribution is 0.199. The molecular weight excluding hydrogens is 200 g/mol. The minimum Gasteiger partial charge on any atom is -0.389 e. The molecule has 0 aromatic heterocycles. The van der Waals surface area contributed by atoms with E-state index in [1.54, 1.807) is 6.92 Å². The Bertz CT molecular complexity index is 382. The van der Waals surface area contributed by atoms with E-state index < -0.39 is 6.10 Å². The Hall–Kier alpha value is -1.53. The summed E-state index contributed by atoms with van der Waals surface area (Å²) in [6.45, 7) is 3.75. The third kappa shape index (κ3) is 2.74. The lowest BCUT2D eigenvalue weighted by Gasteiger charge is -2.28. The summed E-state index contributed by atoms with van der Waals surface area (Å²) in [5.74, 6) is 0. The average molecular weight is 218 g/mol. The van der Waals surface area contributed by atoms with Crippen LogP contribution in [-0.4, -0.2) is 18.2 Å². The third-order valence-electron chi connectivity index (χ3n) is 2.81. The quantitative estimate of drug-likeness (QED) is 0.844. The van der Waals surface area contributed by atoms with Gasteiger partial charge < -0.3 is 10.0 Å². The van der Waals surface area contributed by atoms with E-state index in [4.69, 9.17) is 5.26 Å². The zero-order valence-electron chi connectivity index (χ0n) is 10.0. The minimum atomic E-state index is -0.493. The van der Waals surface area contributed by atoms with Gasteiger partial charge in [0.1, 0.15) is 0 Å². The van der Waals surface area contributed by atoms with Crippen LogP contribution in [0.3, 0.4) is 0 Å². The van der Waals surface area contributed by atoms with Crippen LogP contribution in [0.2, 0.25) is 0 Å². The van der Waals surface area contributed by atoms with Gasteiger partial charge in [-0.1, -0.05) is 18.2 Å². The van der Waals surface area contributed by atoms with Crippen LogP contribution in [0, 0.1) is 11.3 Å². The topological polar surface area (TPSA) is 47.3 Å². The number of aliphatic hydroxyl groups excluding tert-OH is 1. The van der Waals surface area contributed by atoms with Crippen LogP contribution < -0.4 is 4.90 Å². The van der Waals surface area contributed by atoms with Gasteiger partial charge in [-0.15, -0.1) is 0 Å². The highest BCUT2D eigenvalue weighted by atomic mass is 16.3. The Morgan fingerprint density at radius 3 is 2.56 bits per heavy atom. The van der Waals surface area contributed by atoms with E-state index in [-0.39, 0.29) is 6.04 Å². The molecule has 2 unspecified atom stereocenters. The van der Waals surface area contributed by atoms with Gasteiger partial charge in [-0.05, 0) is 19.9 Å². The van der Waals surface area contributed by atoms with Gasteiger partial charge >= 0.3 is 0 Å². The first-order valence-electron chi connectivity index (χ1n) is 5.44. The molecule has 0 spiro atoms. The normalized spacial score (nSPS) is 13.9. The molecule has 0 heterocycles. The van der Waals surface area contributed by atoms with E-state index in [0.717, 1.165) is 11.3 Å². The molecule has 2 atom stereocenters. The largest absolute Gasteiger partial charge is 0.389 e. The number of nitriles is 1. The van der Waals surface area contributed by atoms with Crippen LogP contribution in [0.1, 0.15) is 31.9 Å². The van der Waals surface area contributed by atoms with Gasteiger partial charge in [-0.25, -0.2) is 0 Å². The number of benzene rings is 1. The Balaban J connectivity index is 2.99. The van der Waals surface area contributed by atoms with Crippen LogP contribution in [0.5, 0.6) is 0 Å². The highest BCUT2D eigenvalue weighted by Gasteiger charge is 2.15. The number of hydrogen-bond donors (Lipinski definition) is 1. The number of nitrogens with zero attached hydrogens (tertiary/aromatic N) is 2. The number of para-hydroxylation sites is 1. The van der Waals surface area contributed by atoms with E-state index in [0.29, 0.717) is 6.42 Å². The van der Waals surface area contributed by atoms with E-state index >= 15 is 0 Å². The van der Waals surface area contributed by atoms with Crippen molar-refractivity contribution in [1.82, 2.24) is 0 Å². The van der Waals surface area contributed by atoms with Crippen LogP contribution >= 0.6 is 0 Å². The second-order valence-corrected chi connectivity index (χ2v) is 4.06. The molecule has 0 bridgehead atoms. The summed E-state index contributed by atoms with van der Waals surface area (Å²) in [5, 5.41) is 18.4. The molecule has 3 heteroatoms. The highest BCUT2D eigenvalue weighted by molar-refractivity contribution is 5.54. The first-order valence-corrected chi connectivity index (χ1v) is 5.44. The van der Waals surface area contributed by atoms with Crippen molar-refractivity contribution < 1.29 is 5.11 Å². The van der Waals surface area contributed by atoms with Gasteiger partial charge in [0.15, 0.2) is 0 Å². The fourth-order valence-electron chi connectivity index (χ4n) is 1.67. The molecule has 1 aromatic carbocycles. The monoisotopic (exact) mass is 218 g/mol. The zero-order chi connectivity index (χ0) is 12.1. The maximum Gasteiger partial charge on any atom is 0.0781 e. The second kappa shape index (κ2) is 5.53. The number of rotatable bonds is 4. The summed E-state index contributed by atoms with van der Waals surface area (Å²) in [4.78, 5) is 2.03. The van der Waals surface area contributed by atoms with Crippen molar-refractivity contribution in [1.29, 1.82) is 5.26 Å². The molecule has 0 saturated carbocycles. The first kappa shape index (κ1) is 12.5. The van der Waals surface area contributed by atoms with Crippen molar-refractivity contribution in [3.63, 3.8) is 0 Å². The molecule has 0 saturated heterocycles. The van der Waals surface area contributed by atoms with Crippen LogP contribution in [0.15, 0.2) is 24.3 Å². The molecule has 0 aliphatic carbocycles. The smallest absolute Gasteiger partial charge is 0.0781 e. The Morgan fingerprint density at radius 1 is 1.38 bits per heavy atom. The zero-order valence-corrected chi connectivity index (χ0v) is 10.0. The van der Waals surface area contributed by atoms with Crippen molar-refractivity contribution in [2.24, 2.45) is 0 Å². The van der Waals surface area contributed by atoms with Crippen LogP contribution in [0.25, 0.3) is 0 Å². The minimum absolute atomic E-state index is 0.143. The molecule has 1 rings (SSSR count). The third-order valence-corrected chi connectivity index (χ3v) is 2.81. The molecule has 86 valence electrons. The average Bonchev–Trinajstić information content (AvgIpc) is 2.28. The lowest BCUT2D eigenvalue weighted by atomic mass is 10.1. The molecule has 0 aliphatic rings. The van der Waals surface area contributed by atoms with Crippen molar-refractivity contribution >= 4 is 5.69 Å². The van der Waals surface area contributed by atoms with E-state index in [9.17, 15) is 5.11 Å². The summed E-state index contributed by atoms with van der Waals surface area (Å²) in [6.07, 6.45) is -0.0158. The highest BCUT2D eigenvalue weighted by Crippen LogP contribution is 2.26. The molecule has 0 amide bonds. The summed E-state index contributed by atoms with van der Waals surface area (Å²) in [5.41, 5.74) is 1.88. The second-order valence-electron chi connectivity index (χ2n) is 4.06. The first-order chi connectivity index (χ1) is 7.57. The Labute approximate surface area is 96.9 Å². The summed E-state index contributed by atoms with van der Waals surface area (Å²) >= 11 is 0. The number of aliphatic hydroxyl groups is 1. The van der Waals surface area contributed by atoms with Crippen LogP contribution in [0.4, 0.5) is 5.69 Å². The molecular formula is C13H18N2O. The maximum absolute atomic E-state index is 9.67. The van der Waals surface area contributed by atoms with Gasteiger partial charge in [-0.2, -0.15) is 5.26 Å². The van der Waals surface area contributed by atoms with Crippen molar-refractivity contribution in [3.8, 4) is 6.07 Å².